The van der Waals surface area contributed by atoms with Crippen LogP contribution in [0.1, 0.15) is 37.9 Å². The quantitative estimate of drug-likeness (QED) is 0.202. The Kier molecular flexibility index (Phi) is 9.34. The fourth-order valence-corrected chi connectivity index (χ4v) is 3.00. The number of carbonyl (C=O) groups is 2. The van der Waals surface area contributed by atoms with E-state index in [0.29, 0.717) is 41.5 Å². The van der Waals surface area contributed by atoms with Gasteiger partial charge in [-0.05, 0) is 51.1 Å². The van der Waals surface area contributed by atoms with Crippen LogP contribution in [0.25, 0.3) is 0 Å². The van der Waals surface area contributed by atoms with Gasteiger partial charge in [-0.1, -0.05) is 0 Å². The highest BCUT2D eigenvalue weighted by Gasteiger charge is 2.28. The molecule has 0 heterocycles. The highest BCUT2D eigenvalue weighted by Crippen LogP contribution is 2.39. The molecule has 1 atom stereocenters. The van der Waals surface area contributed by atoms with E-state index in [-0.39, 0.29) is 18.2 Å². The summed E-state index contributed by atoms with van der Waals surface area (Å²) in [7, 11) is 0. The lowest BCUT2D eigenvalue weighted by molar-refractivity contribution is -0.144. The Hall–Kier alpha value is -3.95. The molecule has 0 bridgehead atoms. The number of carbonyl (C=O) groups excluding carboxylic acids is 2. The number of nitrogens with one attached hydrogen (secondary N) is 2. The molecule has 10 heteroatoms. The maximum atomic E-state index is 12.9. The van der Waals surface area contributed by atoms with Crippen LogP contribution in [0.15, 0.2) is 36.4 Å². The lowest BCUT2D eigenvalue weighted by Crippen LogP contribution is -2.26. The van der Waals surface area contributed by atoms with Crippen LogP contribution in [-0.2, 0) is 14.3 Å². The van der Waals surface area contributed by atoms with Crippen molar-refractivity contribution in [3.8, 4) is 17.2 Å². The van der Waals surface area contributed by atoms with Gasteiger partial charge in [-0.25, -0.2) is 4.79 Å². The fraction of sp³-hybridized carbons (Fsp3) is 0.348. The van der Waals surface area contributed by atoms with Crippen LogP contribution in [0.2, 0.25) is 0 Å². The SMILES string of the molecule is CCOC(=O)C(Nc1ccc(C(=N)N)cc1)c1cc(OCC)c(OCC)cc1OCC(N)=O. The fourth-order valence-electron chi connectivity index (χ4n) is 3.00. The Morgan fingerprint density at radius 1 is 0.909 bits per heavy atom. The number of esters is 1. The molecular weight excluding hydrogens is 428 g/mol. The van der Waals surface area contributed by atoms with E-state index in [1.54, 1.807) is 43.3 Å². The molecule has 10 nitrogen and oxygen atoms in total. The Bertz CT molecular complexity index is 978. The van der Waals surface area contributed by atoms with Crippen molar-refractivity contribution >= 4 is 23.4 Å². The number of nitrogens with two attached hydrogens (primary N) is 2. The van der Waals surface area contributed by atoms with Crippen molar-refractivity contribution in [3.63, 3.8) is 0 Å². The van der Waals surface area contributed by atoms with Crippen LogP contribution in [0, 0.1) is 5.41 Å². The van der Waals surface area contributed by atoms with Gasteiger partial charge in [0, 0.05) is 22.9 Å². The number of hydrogen-bond acceptors (Lipinski definition) is 8. The summed E-state index contributed by atoms with van der Waals surface area (Å²) in [6, 6.07) is 8.84. The molecule has 0 fully saturated rings. The van der Waals surface area contributed by atoms with Gasteiger partial charge in [0.25, 0.3) is 5.91 Å². The smallest absolute Gasteiger partial charge is 0.333 e. The molecule has 0 aliphatic rings. The van der Waals surface area contributed by atoms with Crippen LogP contribution in [0.4, 0.5) is 5.69 Å². The summed E-state index contributed by atoms with van der Waals surface area (Å²) in [6.45, 7) is 5.85. The van der Waals surface area contributed by atoms with Crippen LogP contribution in [0.3, 0.4) is 0 Å². The van der Waals surface area contributed by atoms with E-state index >= 15 is 0 Å². The topological polar surface area (TPSA) is 159 Å². The zero-order valence-electron chi connectivity index (χ0n) is 19.0. The highest BCUT2D eigenvalue weighted by atomic mass is 16.5. The van der Waals surface area contributed by atoms with Crippen LogP contribution >= 0.6 is 0 Å². The van der Waals surface area contributed by atoms with Gasteiger partial charge in [0.2, 0.25) is 0 Å². The zero-order chi connectivity index (χ0) is 24.4. The lowest BCUT2D eigenvalue weighted by Gasteiger charge is -2.23. The predicted molar refractivity (Wildman–Crippen MR) is 124 cm³/mol. The van der Waals surface area contributed by atoms with Crippen LogP contribution in [-0.4, -0.2) is 44.1 Å². The molecule has 1 amide bonds. The minimum absolute atomic E-state index is 0.0708. The van der Waals surface area contributed by atoms with Crippen LogP contribution < -0.4 is 31.0 Å². The van der Waals surface area contributed by atoms with Crippen molar-refractivity contribution in [1.82, 2.24) is 0 Å². The second-order valence-corrected chi connectivity index (χ2v) is 6.78. The molecule has 178 valence electrons. The van der Waals surface area contributed by atoms with Gasteiger partial charge >= 0.3 is 5.97 Å². The first kappa shape index (κ1) is 25.3. The summed E-state index contributed by atoms with van der Waals surface area (Å²) >= 11 is 0. The number of ether oxygens (including phenoxy) is 4. The zero-order valence-corrected chi connectivity index (χ0v) is 19.0. The normalized spacial score (nSPS) is 11.2. The third-order valence-corrected chi connectivity index (χ3v) is 4.39. The highest BCUT2D eigenvalue weighted by molar-refractivity contribution is 5.95. The maximum Gasteiger partial charge on any atom is 0.333 e. The van der Waals surface area contributed by atoms with Gasteiger partial charge in [-0.3, -0.25) is 10.2 Å². The maximum absolute atomic E-state index is 12.9. The number of hydrogen-bond donors (Lipinski definition) is 4. The van der Waals surface area contributed by atoms with E-state index in [2.05, 4.69) is 5.32 Å². The number of rotatable bonds is 13. The minimum Gasteiger partial charge on any atom is -0.490 e. The molecule has 2 rings (SSSR count). The Morgan fingerprint density at radius 3 is 2.03 bits per heavy atom. The van der Waals surface area contributed by atoms with Crippen molar-refractivity contribution in [2.45, 2.75) is 26.8 Å². The van der Waals surface area contributed by atoms with Crippen molar-refractivity contribution in [1.29, 1.82) is 5.41 Å². The molecule has 0 radical (unpaired) electrons. The predicted octanol–water partition coefficient (Wildman–Crippen LogP) is 2.35. The number of anilines is 1. The van der Waals surface area contributed by atoms with E-state index in [1.807, 2.05) is 13.8 Å². The molecule has 6 N–H and O–H groups in total. The van der Waals surface area contributed by atoms with Gasteiger partial charge in [0.05, 0.1) is 19.8 Å². The van der Waals surface area contributed by atoms with Gasteiger partial charge in [0.1, 0.15) is 11.6 Å². The van der Waals surface area contributed by atoms with Crippen molar-refractivity contribution in [2.24, 2.45) is 11.5 Å². The molecule has 1 unspecified atom stereocenters. The molecule has 2 aromatic carbocycles. The molecule has 0 saturated heterocycles. The van der Waals surface area contributed by atoms with Crippen molar-refractivity contribution < 1.29 is 28.5 Å². The summed E-state index contributed by atoms with van der Waals surface area (Å²) in [5.41, 5.74) is 12.3. The van der Waals surface area contributed by atoms with Crippen LogP contribution in [0.5, 0.6) is 17.2 Å². The molecular formula is C23H30N4O6. The average molecular weight is 459 g/mol. The van der Waals surface area contributed by atoms with Gasteiger partial charge < -0.3 is 35.7 Å². The third-order valence-electron chi connectivity index (χ3n) is 4.39. The van der Waals surface area contributed by atoms with E-state index in [1.165, 1.54) is 0 Å². The largest absolute Gasteiger partial charge is 0.490 e. The number of primary amides is 1. The molecule has 0 spiro atoms. The Morgan fingerprint density at radius 2 is 1.52 bits per heavy atom. The number of amides is 1. The summed E-state index contributed by atoms with van der Waals surface area (Å²) in [4.78, 5) is 24.3. The van der Waals surface area contributed by atoms with Crippen molar-refractivity contribution in [3.05, 3.63) is 47.5 Å². The lowest BCUT2D eigenvalue weighted by atomic mass is 10.0. The number of amidine groups is 1. The van der Waals surface area contributed by atoms with E-state index in [9.17, 15) is 9.59 Å². The van der Waals surface area contributed by atoms with E-state index < -0.39 is 24.5 Å². The summed E-state index contributed by atoms with van der Waals surface area (Å²) in [6.07, 6.45) is 0. The first-order valence-corrected chi connectivity index (χ1v) is 10.5. The van der Waals surface area contributed by atoms with E-state index in [0.717, 1.165) is 0 Å². The van der Waals surface area contributed by atoms with E-state index in [4.69, 9.17) is 35.8 Å². The first-order valence-electron chi connectivity index (χ1n) is 10.5. The summed E-state index contributed by atoms with van der Waals surface area (Å²) in [5, 5.41) is 10.7. The second kappa shape index (κ2) is 12.2. The third kappa shape index (κ3) is 7.03. The van der Waals surface area contributed by atoms with Gasteiger partial charge in [-0.15, -0.1) is 0 Å². The minimum atomic E-state index is -1.01. The van der Waals surface area contributed by atoms with Crippen molar-refractivity contribution in [2.75, 3.05) is 31.7 Å². The first-order chi connectivity index (χ1) is 15.8. The monoisotopic (exact) mass is 458 g/mol. The summed E-state index contributed by atoms with van der Waals surface area (Å²) in [5.74, 6) is -0.290. The van der Waals surface area contributed by atoms with Gasteiger partial charge in [0.15, 0.2) is 24.1 Å². The molecule has 33 heavy (non-hydrogen) atoms. The Labute approximate surface area is 192 Å². The number of benzene rings is 2. The molecule has 2 aromatic rings. The summed E-state index contributed by atoms with van der Waals surface area (Å²) < 4.78 is 22.2. The van der Waals surface area contributed by atoms with Gasteiger partial charge in [-0.2, -0.15) is 0 Å². The molecule has 0 saturated carbocycles. The molecule has 0 aliphatic carbocycles. The molecule has 0 aromatic heterocycles. The molecule has 0 aliphatic heterocycles. The number of nitrogen functional groups attached to an aromatic ring is 1. The Balaban J connectivity index is 2.57. The standard InChI is InChI=1S/C23H30N4O6/c1-4-30-18-11-16(17(33-13-20(24)28)12-19(18)31-5-2)21(23(29)32-6-3)27-15-9-7-14(8-10-15)22(25)26/h7-12,21,27H,4-6,13H2,1-3H3,(H2,24,28)(H3,25,26). The average Bonchev–Trinajstić information content (AvgIpc) is 2.78. The second-order valence-electron chi connectivity index (χ2n) is 6.78.